The number of hydrogen-bond acceptors (Lipinski definition) is 6. The molecule has 0 aliphatic carbocycles. The van der Waals surface area contributed by atoms with E-state index in [2.05, 4.69) is 17.3 Å². The SMILES string of the molecule is CCCc1nn(C)c2c(Nc3ccc(OC)c(F)c3)nc(-c3cccs3)nc12.Cl. The Kier molecular flexibility index (Phi) is 6.34. The lowest BCUT2D eigenvalue weighted by molar-refractivity contribution is 0.386. The molecule has 0 saturated carbocycles. The molecule has 0 aliphatic rings. The third kappa shape index (κ3) is 4.04. The van der Waals surface area contributed by atoms with Gasteiger partial charge in [0.25, 0.3) is 0 Å². The van der Waals surface area contributed by atoms with Crippen LogP contribution in [0.1, 0.15) is 19.0 Å². The zero-order chi connectivity index (χ0) is 19.7. The Hall–Kier alpha value is -2.71. The van der Waals surface area contributed by atoms with Crippen molar-refractivity contribution in [2.45, 2.75) is 19.8 Å². The maximum Gasteiger partial charge on any atom is 0.172 e. The summed E-state index contributed by atoms with van der Waals surface area (Å²) in [6, 6.07) is 8.68. The number of nitrogens with one attached hydrogen (secondary N) is 1. The molecule has 0 saturated heterocycles. The van der Waals surface area contributed by atoms with Gasteiger partial charge in [-0.2, -0.15) is 5.10 Å². The van der Waals surface area contributed by atoms with Gasteiger partial charge in [-0.05, 0) is 30.0 Å². The van der Waals surface area contributed by atoms with Crippen molar-refractivity contribution in [2.24, 2.45) is 7.05 Å². The first kappa shape index (κ1) is 21.0. The lowest BCUT2D eigenvalue weighted by atomic mass is 10.2. The van der Waals surface area contributed by atoms with Crippen LogP contribution in [-0.4, -0.2) is 26.9 Å². The number of halogens is 2. The Morgan fingerprint density at radius 1 is 1.24 bits per heavy atom. The number of benzene rings is 1. The van der Waals surface area contributed by atoms with E-state index in [-0.39, 0.29) is 18.2 Å². The average molecular weight is 434 g/mol. The first-order valence-corrected chi connectivity index (χ1v) is 9.86. The average Bonchev–Trinajstić information content (AvgIpc) is 3.31. The molecule has 152 valence electrons. The summed E-state index contributed by atoms with van der Waals surface area (Å²) in [5, 5.41) is 9.86. The highest BCUT2D eigenvalue weighted by Crippen LogP contribution is 2.31. The van der Waals surface area contributed by atoms with Gasteiger partial charge in [-0.1, -0.05) is 19.4 Å². The lowest BCUT2D eigenvalue weighted by Gasteiger charge is -2.11. The van der Waals surface area contributed by atoms with Gasteiger partial charge in [0.15, 0.2) is 23.2 Å². The van der Waals surface area contributed by atoms with Crippen molar-refractivity contribution in [3.05, 3.63) is 47.2 Å². The summed E-state index contributed by atoms with van der Waals surface area (Å²) in [4.78, 5) is 10.5. The second-order valence-corrected chi connectivity index (χ2v) is 7.31. The van der Waals surface area contributed by atoms with Crippen molar-refractivity contribution in [3.8, 4) is 16.5 Å². The molecule has 29 heavy (non-hydrogen) atoms. The molecule has 0 fully saturated rings. The first-order valence-electron chi connectivity index (χ1n) is 8.98. The molecule has 0 amide bonds. The normalized spacial score (nSPS) is 10.8. The summed E-state index contributed by atoms with van der Waals surface area (Å²) in [6.07, 6.45) is 1.80. The van der Waals surface area contributed by atoms with Gasteiger partial charge in [0.2, 0.25) is 0 Å². The molecule has 3 aromatic heterocycles. The standard InChI is InChI=1S/C20H20FN5OS.ClH/c1-4-6-14-17-18(26(2)25-14)20(24-19(23-17)16-7-5-10-28-16)22-12-8-9-15(27-3)13(21)11-12;/h5,7-11H,4,6H2,1-3H3,(H,22,23,24);1H. The molecule has 6 nitrogen and oxygen atoms in total. The number of thiophene rings is 1. The summed E-state index contributed by atoms with van der Waals surface area (Å²) in [5.74, 6) is 0.982. The third-order valence-electron chi connectivity index (χ3n) is 4.39. The molecule has 3 heterocycles. The van der Waals surface area contributed by atoms with Crippen molar-refractivity contribution < 1.29 is 9.13 Å². The number of anilines is 2. The van der Waals surface area contributed by atoms with E-state index in [1.165, 1.54) is 13.2 Å². The van der Waals surface area contributed by atoms with Gasteiger partial charge < -0.3 is 10.1 Å². The van der Waals surface area contributed by atoms with E-state index >= 15 is 0 Å². The monoisotopic (exact) mass is 433 g/mol. The highest BCUT2D eigenvalue weighted by atomic mass is 35.5. The topological polar surface area (TPSA) is 64.9 Å². The zero-order valence-corrected chi connectivity index (χ0v) is 17.9. The molecular formula is C20H21ClFN5OS. The van der Waals surface area contributed by atoms with Crippen LogP contribution >= 0.6 is 23.7 Å². The lowest BCUT2D eigenvalue weighted by Crippen LogP contribution is -2.02. The predicted molar refractivity (Wildman–Crippen MR) is 117 cm³/mol. The number of fused-ring (bicyclic) bond motifs is 1. The third-order valence-corrected chi connectivity index (χ3v) is 5.26. The van der Waals surface area contributed by atoms with Gasteiger partial charge in [-0.15, -0.1) is 23.7 Å². The predicted octanol–water partition coefficient (Wildman–Crippen LogP) is 5.36. The minimum Gasteiger partial charge on any atom is -0.494 e. The molecule has 1 N–H and O–H groups in total. The maximum absolute atomic E-state index is 14.1. The van der Waals surface area contributed by atoms with E-state index in [1.54, 1.807) is 28.2 Å². The number of rotatable bonds is 6. The van der Waals surface area contributed by atoms with E-state index in [9.17, 15) is 4.39 Å². The van der Waals surface area contributed by atoms with Crippen molar-refractivity contribution in [1.29, 1.82) is 0 Å². The van der Waals surface area contributed by atoms with Crippen molar-refractivity contribution in [1.82, 2.24) is 19.7 Å². The van der Waals surface area contributed by atoms with Crippen LogP contribution in [0, 0.1) is 5.82 Å². The summed E-state index contributed by atoms with van der Waals surface area (Å²) < 4.78 is 20.9. The highest BCUT2D eigenvalue weighted by Gasteiger charge is 2.18. The Labute approximate surface area is 178 Å². The molecule has 9 heteroatoms. The van der Waals surface area contributed by atoms with Gasteiger partial charge >= 0.3 is 0 Å². The Morgan fingerprint density at radius 2 is 2.07 bits per heavy atom. The Bertz CT molecular complexity index is 1130. The molecule has 0 aliphatic heterocycles. The smallest absolute Gasteiger partial charge is 0.172 e. The number of aryl methyl sites for hydroxylation is 2. The second kappa shape index (κ2) is 8.75. The summed E-state index contributed by atoms with van der Waals surface area (Å²) >= 11 is 1.58. The van der Waals surface area contributed by atoms with Gasteiger partial charge in [0.05, 0.1) is 17.7 Å². The maximum atomic E-state index is 14.1. The molecule has 4 rings (SSSR count). The van der Waals surface area contributed by atoms with Crippen molar-refractivity contribution >= 4 is 46.3 Å². The fourth-order valence-corrected chi connectivity index (χ4v) is 3.79. The van der Waals surface area contributed by atoms with Gasteiger partial charge in [-0.25, -0.2) is 14.4 Å². The van der Waals surface area contributed by atoms with Crippen LogP contribution in [-0.2, 0) is 13.5 Å². The zero-order valence-electron chi connectivity index (χ0n) is 16.3. The van der Waals surface area contributed by atoms with Crippen LogP contribution in [0.5, 0.6) is 5.75 Å². The number of nitrogens with zero attached hydrogens (tertiary/aromatic N) is 4. The van der Waals surface area contributed by atoms with Crippen molar-refractivity contribution in [2.75, 3.05) is 12.4 Å². The number of methoxy groups -OCH3 is 1. The van der Waals surface area contributed by atoms with Crippen LogP contribution in [0.4, 0.5) is 15.9 Å². The minimum absolute atomic E-state index is 0. The summed E-state index contributed by atoms with van der Waals surface area (Å²) in [7, 11) is 3.31. The van der Waals surface area contributed by atoms with Gasteiger partial charge in [0.1, 0.15) is 11.0 Å². The molecule has 0 unspecified atom stereocenters. The molecule has 0 spiro atoms. The summed E-state index contributed by atoms with van der Waals surface area (Å²) in [5.41, 5.74) is 3.12. The fourth-order valence-electron chi connectivity index (χ4n) is 3.13. The van der Waals surface area contributed by atoms with E-state index in [0.29, 0.717) is 17.3 Å². The molecule has 0 atom stereocenters. The van der Waals surface area contributed by atoms with E-state index in [4.69, 9.17) is 14.7 Å². The van der Waals surface area contributed by atoms with E-state index in [1.807, 2.05) is 24.6 Å². The largest absolute Gasteiger partial charge is 0.494 e. The minimum atomic E-state index is -0.437. The Morgan fingerprint density at radius 3 is 2.72 bits per heavy atom. The number of hydrogen-bond donors (Lipinski definition) is 1. The van der Waals surface area contributed by atoms with E-state index < -0.39 is 5.82 Å². The number of ether oxygens (including phenoxy) is 1. The van der Waals surface area contributed by atoms with Crippen molar-refractivity contribution in [3.63, 3.8) is 0 Å². The van der Waals surface area contributed by atoms with Crippen LogP contribution in [0.25, 0.3) is 21.7 Å². The number of aromatic nitrogens is 4. The summed E-state index contributed by atoms with van der Waals surface area (Å²) in [6.45, 7) is 2.11. The molecule has 1 aromatic carbocycles. The van der Waals surface area contributed by atoms with Crippen LogP contribution in [0.15, 0.2) is 35.7 Å². The van der Waals surface area contributed by atoms with E-state index in [0.717, 1.165) is 34.4 Å². The second-order valence-electron chi connectivity index (χ2n) is 6.36. The fraction of sp³-hybridized carbons (Fsp3) is 0.250. The highest BCUT2D eigenvalue weighted by molar-refractivity contribution is 7.13. The molecule has 4 aromatic rings. The molecular weight excluding hydrogens is 413 g/mol. The molecule has 0 radical (unpaired) electrons. The molecule has 0 bridgehead atoms. The van der Waals surface area contributed by atoms with Crippen LogP contribution in [0.3, 0.4) is 0 Å². The van der Waals surface area contributed by atoms with Gasteiger partial charge in [0, 0.05) is 18.8 Å². The van der Waals surface area contributed by atoms with Crippen LogP contribution < -0.4 is 10.1 Å². The quantitative estimate of drug-likeness (QED) is 0.443. The first-order chi connectivity index (χ1) is 13.6. The Balaban J connectivity index is 0.00000240. The van der Waals surface area contributed by atoms with Crippen LogP contribution in [0.2, 0.25) is 0 Å². The van der Waals surface area contributed by atoms with Gasteiger partial charge in [-0.3, -0.25) is 4.68 Å².